The molecule has 1 aromatic carbocycles. The maximum Gasteiger partial charge on any atom is 0.259 e. The van der Waals surface area contributed by atoms with Crippen molar-refractivity contribution in [3.8, 4) is 0 Å². The quantitative estimate of drug-likeness (QED) is 0.382. The molecule has 0 aliphatic carbocycles. The summed E-state index contributed by atoms with van der Waals surface area (Å²) >= 11 is 11.5. The standard InChI is InChI=1S/C11H8Cl2N2O2/c1-6(10(16)5-14)11(17)15-9-3-2-7(12)4-8(9)13/h2-5,14H,1H2,(H,15,17). The van der Waals surface area contributed by atoms with Crippen LogP contribution in [0.2, 0.25) is 10.0 Å². The summed E-state index contributed by atoms with van der Waals surface area (Å²) in [6.45, 7) is 3.29. The number of hydrogen-bond donors (Lipinski definition) is 2. The largest absolute Gasteiger partial charge is 0.321 e. The number of Topliss-reactive ketones (excluding diaryl/α,β-unsaturated/α-hetero) is 1. The zero-order valence-corrected chi connectivity index (χ0v) is 10.1. The Kier molecular flexibility index (Phi) is 4.43. The van der Waals surface area contributed by atoms with Crippen molar-refractivity contribution in [1.82, 2.24) is 0 Å². The lowest BCUT2D eigenvalue weighted by atomic mass is 10.2. The molecule has 0 saturated carbocycles. The van der Waals surface area contributed by atoms with Crippen LogP contribution in [-0.4, -0.2) is 17.9 Å². The third kappa shape index (κ3) is 3.41. The Morgan fingerprint density at radius 1 is 1.35 bits per heavy atom. The summed E-state index contributed by atoms with van der Waals surface area (Å²) in [7, 11) is 0. The third-order valence-electron chi connectivity index (χ3n) is 1.88. The van der Waals surface area contributed by atoms with Crippen LogP contribution in [0.15, 0.2) is 30.4 Å². The normalized spacial score (nSPS) is 9.53. The third-order valence-corrected chi connectivity index (χ3v) is 2.43. The van der Waals surface area contributed by atoms with Gasteiger partial charge in [-0.2, -0.15) is 0 Å². The summed E-state index contributed by atoms with van der Waals surface area (Å²) in [5.74, 6) is -1.46. The molecule has 6 heteroatoms. The van der Waals surface area contributed by atoms with Crippen LogP contribution in [0.3, 0.4) is 0 Å². The fourth-order valence-corrected chi connectivity index (χ4v) is 1.44. The molecule has 0 unspecified atom stereocenters. The van der Waals surface area contributed by atoms with E-state index >= 15 is 0 Å². The van der Waals surface area contributed by atoms with E-state index in [2.05, 4.69) is 11.9 Å². The highest BCUT2D eigenvalue weighted by Gasteiger charge is 2.14. The van der Waals surface area contributed by atoms with Crippen LogP contribution in [0.5, 0.6) is 0 Å². The average Bonchev–Trinajstić information content (AvgIpc) is 2.30. The Hall–Kier alpha value is -1.65. The van der Waals surface area contributed by atoms with Crippen molar-refractivity contribution in [3.63, 3.8) is 0 Å². The number of rotatable bonds is 4. The highest BCUT2D eigenvalue weighted by atomic mass is 35.5. The minimum atomic E-state index is -0.757. The van der Waals surface area contributed by atoms with Crippen molar-refractivity contribution >= 4 is 46.8 Å². The van der Waals surface area contributed by atoms with Crippen molar-refractivity contribution in [2.24, 2.45) is 0 Å². The van der Waals surface area contributed by atoms with Crippen molar-refractivity contribution < 1.29 is 9.59 Å². The summed E-state index contributed by atoms with van der Waals surface area (Å²) < 4.78 is 0. The molecule has 0 fully saturated rings. The molecule has 4 nitrogen and oxygen atoms in total. The minimum Gasteiger partial charge on any atom is -0.321 e. The van der Waals surface area contributed by atoms with Gasteiger partial charge in [0.05, 0.1) is 22.5 Å². The maximum absolute atomic E-state index is 11.5. The second kappa shape index (κ2) is 5.61. The van der Waals surface area contributed by atoms with Gasteiger partial charge in [-0.3, -0.25) is 9.59 Å². The van der Waals surface area contributed by atoms with Crippen LogP contribution in [0.25, 0.3) is 0 Å². The van der Waals surface area contributed by atoms with Crippen LogP contribution in [-0.2, 0) is 9.59 Å². The Labute approximate surface area is 108 Å². The monoisotopic (exact) mass is 270 g/mol. The number of anilines is 1. The SMILES string of the molecule is C=C(C(=O)C=N)C(=O)Nc1ccc(Cl)cc1Cl. The Bertz CT molecular complexity index is 512. The van der Waals surface area contributed by atoms with Gasteiger partial charge >= 0.3 is 0 Å². The van der Waals surface area contributed by atoms with Crippen molar-refractivity contribution in [2.75, 3.05) is 5.32 Å². The van der Waals surface area contributed by atoms with Gasteiger partial charge in [0.1, 0.15) is 0 Å². The molecular weight excluding hydrogens is 263 g/mol. The molecule has 88 valence electrons. The molecule has 0 spiro atoms. The molecule has 0 bridgehead atoms. The number of benzene rings is 1. The van der Waals surface area contributed by atoms with Crippen LogP contribution >= 0.6 is 23.2 Å². The number of amides is 1. The van der Waals surface area contributed by atoms with Crippen LogP contribution < -0.4 is 5.32 Å². The van der Waals surface area contributed by atoms with E-state index in [1.165, 1.54) is 12.1 Å². The molecule has 2 N–H and O–H groups in total. The van der Waals surface area contributed by atoms with Gasteiger partial charge in [0.25, 0.3) is 5.91 Å². The van der Waals surface area contributed by atoms with E-state index in [0.717, 1.165) is 0 Å². The van der Waals surface area contributed by atoms with E-state index in [-0.39, 0.29) is 10.6 Å². The molecule has 17 heavy (non-hydrogen) atoms. The van der Waals surface area contributed by atoms with Crippen molar-refractivity contribution in [1.29, 1.82) is 5.41 Å². The van der Waals surface area contributed by atoms with Crippen LogP contribution in [0.4, 0.5) is 5.69 Å². The predicted molar refractivity (Wildman–Crippen MR) is 68.0 cm³/mol. The first kappa shape index (κ1) is 13.4. The first-order chi connectivity index (χ1) is 7.95. The summed E-state index contributed by atoms with van der Waals surface area (Å²) in [4.78, 5) is 22.5. The molecule has 1 rings (SSSR count). The molecule has 0 radical (unpaired) electrons. The topological polar surface area (TPSA) is 70.0 Å². The van der Waals surface area contributed by atoms with Gasteiger partial charge in [0, 0.05) is 5.02 Å². The van der Waals surface area contributed by atoms with Gasteiger partial charge in [-0.25, -0.2) is 0 Å². The molecule has 0 saturated heterocycles. The van der Waals surface area contributed by atoms with E-state index in [9.17, 15) is 9.59 Å². The number of halogens is 2. The molecule has 1 amide bonds. The zero-order valence-electron chi connectivity index (χ0n) is 8.59. The van der Waals surface area contributed by atoms with E-state index in [4.69, 9.17) is 28.6 Å². The van der Waals surface area contributed by atoms with E-state index < -0.39 is 11.7 Å². The molecule has 1 aromatic rings. The summed E-state index contributed by atoms with van der Waals surface area (Å²) in [6.07, 6.45) is 0.519. The van der Waals surface area contributed by atoms with Gasteiger partial charge < -0.3 is 10.7 Å². The van der Waals surface area contributed by atoms with Crippen molar-refractivity contribution in [2.45, 2.75) is 0 Å². The van der Waals surface area contributed by atoms with Gasteiger partial charge in [-0.15, -0.1) is 0 Å². The average molecular weight is 271 g/mol. The number of hydrogen-bond acceptors (Lipinski definition) is 3. The van der Waals surface area contributed by atoms with Crippen LogP contribution in [0.1, 0.15) is 0 Å². The molecule has 0 aromatic heterocycles. The summed E-state index contributed by atoms with van der Waals surface area (Å²) in [5.41, 5.74) is -0.00832. The van der Waals surface area contributed by atoms with E-state index in [1.807, 2.05) is 0 Å². The second-order valence-corrected chi connectivity index (χ2v) is 3.91. The number of carbonyl (C=O) groups is 2. The Morgan fingerprint density at radius 2 is 2.00 bits per heavy atom. The van der Waals surface area contributed by atoms with Crippen LogP contribution in [0, 0.1) is 5.41 Å². The summed E-state index contributed by atoms with van der Waals surface area (Å²) in [5, 5.41) is 9.81. The Morgan fingerprint density at radius 3 is 2.53 bits per heavy atom. The predicted octanol–water partition coefficient (Wildman–Crippen LogP) is 2.71. The first-order valence-corrected chi connectivity index (χ1v) is 5.21. The van der Waals surface area contributed by atoms with Gasteiger partial charge in [0.2, 0.25) is 5.78 Å². The van der Waals surface area contributed by atoms with E-state index in [1.54, 1.807) is 6.07 Å². The van der Waals surface area contributed by atoms with Crippen molar-refractivity contribution in [3.05, 3.63) is 40.4 Å². The Balaban J connectivity index is 2.85. The lowest BCUT2D eigenvalue weighted by molar-refractivity contribution is -0.116. The second-order valence-electron chi connectivity index (χ2n) is 3.07. The molecule has 0 heterocycles. The molecular formula is C11H8Cl2N2O2. The lowest BCUT2D eigenvalue weighted by Crippen LogP contribution is -2.20. The fourth-order valence-electron chi connectivity index (χ4n) is 0.988. The maximum atomic E-state index is 11.5. The number of ketones is 1. The molecule has 0 aliphatic rings. The lowest BCUT2D eigenvalue weighted by Gasteiger charge is -2.07. The van der Waals surface area contributed by atoms with Gasteiger partial charge in [0.15, 0.2) is 0 Å². The highest BCUT2D eigenvalue weighted by molar-refractivity contribution is 6.44. The number of carbonyl (C=O) groups excluding carboxylic acids is 2. The van der Waals surface area contributed by atoms with Gasteiger partial charge in [-0.05, 0) is 18.2 Å². The van der Waals surface area contributed by atoms with Gasteiger partial charge in [-0.1, -0.05) is 29.8 Å². The highest BCUT2D eigenvalue weighted by Crippen LogP contribution is 2.25. The first-order valence-electron chi connectivity index (χ1n) is 4.46. The smallest absolute Gasteiger partial charge is 0.259 e. The summed E-state index contributed by atoms with van der Waals surface area (Å²) in [6, 6.07) is 4.51. The molecule has 0 aliphatic heterocycles. The molecule has 0 atom stereocenters. The number of nitrogens with one attached hydrogen (secondary N) is 2. The zero-order chi connectivity index (χ0) is 13.0. The fraction of sp³-hybridized carbons (Fsp3) is 0. The van der Waals surface area contributed by atoms with E-state index in [0.29, 0.717) is 16.9 Å². The minimum absolute atomic E-state index is 0.251.